The lowest BCUT2D eigenvalue weighted by atomic mass is 9.77. The Morgan fingerprint density at radius 3 is 1.40 bits per heavy atom. The molecule has 0 N–H and O–H groups in total. The van der Waals surface area contributed by atoms with E-state index in [9.17, 15) is 0 Å². The molecule has 2 unspecified atom stereocenters. The lowest BCUT2D eigenvalue weighted by Crippen LogP contribution is -2.61. The molecule has 0 amide bonds. The second kappa shape index (κ2) is 13.3. The SMILES string of the molecule is CN1c2ccccc2C(C)(C)C12C=Nc1c(ccc3ccc(OP(=O)(Oc4ccc(Cl)cc4)Oc4ccc5ccc6c(c5c4)N=CC4(O6)N(C)c5ccccc5C4(C)C)cc13)O2. The summed E-state index contributed by atoms with van der Waals surface area (Å²) >= 11 is 6.21. The summed E-state index contributed by atoms with van der Waals surface area (Å²) in [6, 6.07) is 41.8. The average Bonchev–Trinajstić information content (AvgIpc) is 3.53. The number of fused-ring (bicyclic) bond motifs is 8. The van der Waals surface area contributed by atoms with Crippen molar-refractivity contribution < 1.29 is 27.6 Å². The topological polar surface area (TPSA) is 94.4 Å². The number of phosphoric acid groups is 1. The van der Waals surface area contributed by atoms with Crippen LogP contribution in [0.3, 0.4) is 0 Å². The molecule has 7 aromatic carbocycles. The van der Waals surface area contributed by atoms with Gasteiger partial charge in [0.05, 0.1) is 23.3 Å². The molecule has 0 fully saturated rings. The first-order chi connectivity index (χ1) is 29.7. The Balaban J connectivity index is 0.939. The van der Waals surface area contributed by atoms with E-state index in [0.717, 1.165) is 32.9 Å². The van der Waals surface area contributed by atoms with Crippen molar-refractivity contribution in [2.45, 2.75) is 50.0 Å². The predicted molar refractivity (Wildman–Crippen MR) is 248 cm³/mol. The maximum absolute atomic E-state index is 15.0. The summed E-state index contributed by atoms with van der Waals surface area (Å²) < 4.78 is 47.6. The molecule has 10 nitrogen and oxygen atoms in total. The van der Waals surface area contributed by atoms with Gasteiger partial charge in [0, 0.05) is 41.3 Å². The van der Waals surface area contributed by atoms with Crippen LogP contribution in [0.15, 0.2) is 143 Å². The first-order valence-corrected chi connectivity index (χ1v) is 22.3. The minimum atomic E-state index is -4.47. The second-order valence-corrected chi connectivity index (χ2v) is 19.2. The average molecular weight is 861 g/mol. The summed E-state index contributed by atoms with van der Waals surface area (Å²) in [6.45, 7) is 8.69. The Morgan fingerprint density at radius 2 is 0.952 bits per heavy atom. The van der Waals surface area contributed by atoms with Gasteiger partial charge >= 0.3 is 7.82 Å². The maximum atomic E-state index is 15.0. The molecule has 4 aliphatic heterocycles. The van der Waals surface area contributed by atoms with E-state index < -0.39 is 30.1 Å². The monoisotopic (exact) mass is 860 g/mol. The number of anilines is 2. The Morgan fingerprint density at radius 1 is 0.548 bits per heavy atom. The van der Waals surface area contributed by atoms with Crippen molar-refractivity contribution in [3.8, 4) is 28.7 Å². The number of nitrogens with zero attached hydrogens (tertiary/aromatic N) is 4. The zero-order valence-electron chi connectivity index (χ0n) is 34.9. The smallest absolute Gasteiger partial charge is 0.459 e. The van der Waals surface area contributed by atoms with Crippen LogP contribution in [0.2, 0.25) is 5.02 Å². The van der Waals surface area contributed by atoms with Gasteiger partial charge in [-0.25, -0.2) is 0 Å². The van der Waals surface area contributed by atoms with Gasteiger partial charge in [0.2, 0.25) is 11.4 Å². The number of halogens is 1. The number of hydrogen-bond donors (Lipinski definition) is 0. The number of phosphoric ester groups is 1. The fraction of sp³-hybridized carbons (Fsp3) is 0.200. The molecule has 4 aliphatic rings. The molecule has 62 heavy (non-hydrogen) atoms. The van der Waals surface area contributed by atoms with Gasteiger partial charge < -0.3 is 32.8 Å². The lowest BCUT2D eigenvalue weighted by molar-refractivity contribution is 0.0826. The van der Waals surface area contributed by atoms with Gasteiger partial charge in [-0.2, -0.15) is 4.57 Å². The molecule has 2 spiro atoms. The van der Waals surface area contributed by atoms with Crippen LogP contribution in [0.1, 0.15) is 38.8 Å². The first kappa shape index (κ1) is 38.4. The Kier molecular flexibility index (Phi) is 8.22. The van der Waals surface area contributed by atoms with E-state index in [-0.39, 0.29) is 17.2 Å². The fourth-order valence-corrected chi connectivity index (χ4v) is 11.1. The molecular formula is C50H42ClN4O6P. The highest BCUT2D eigenvalue weighted by molar-refractivity contribution is 7.49. The summed E-state index contributed by atoms with van der Waals surface area (Å²) in [5, 5.41) is 3.77. The molecule has 0 aromatic heterocycles. The highest BCUT2D eigenvalue weighted by atomic mass is 35.5. The van der Waals surface area contributed by atoms with Crippen molar-refractivity contribution in [1.82, 2.24) is 0 Å². The standard InChI is InChI=1S/C50H42ClN4O6P/c1-47(2)39-11-7-9-13-41(39)54(5)49(47)29-52-45-37-27-35(21-15-31(37)17-25-43(45)57-49)60-62(56,59-34-23-19-33(51)20-24-34)61-36-22-16-32-18-26-44-46(38(32)28-36)53-30-50(58-44)48(3,4)40-12-8-10-14-42(40)55(50)6/h7-30H,1-6H3. The van der Waals surface area contributed by atoms with Crippen molar-refractivity contribution in [3.63, 3.8) is 0 Å². The van der Waals surface area contributed by atoms with Crippen LogP contribution in [-0.2, 0) is 15.4 Å². The van der Waals surface area contributed by atoms with Crippen LogP contribution in [0.4, 0.5) is 22.7 Å². The van der Waals surface area contributed by atoms with Crippen molar-refractivity contribution >= 4 is 76.1 Å². The Labute approximate surface area is 364 Å². The zero-order chi connectivity index (χ0) is 42.8. The van der Waals surface area contributed by atoms with Gasteiger partial charge in [-0.05, 0) is 122 Å². The number of hydrogen-bond acceptors (Lipinski definition) is 10. The van der Waals surface area contributed by atoms with Crippen LogP contribution >= 0.6 is 19.4 Å². The van der Waals surface area contributed by atoms with Gasteiger partial charge in [-0.15, -0.1) is 0 Å². The predicted octanol–water partition coefficient (Wildman–Crippen LogP) is 12.7. The zero-order valence-corrected chi connectivity index (χ0v) is 36.6. The Hall–Kier alpha value is -6.48. The molecule has 0 saturated heterocycles. The van der Waals surface area contributed by atoms with Gasteiger partial charge in [0.1, 0.15) is 40.1 Å². The fourth-order valence-electron chi connectivity index (χ4n) is 9.76. The third kappa shape index (κ3) is 5.45. The van der Waals surface area contributed by atoms with E-state index >= 15 is 4.57 Å². The minimum absolute atomic E-state index is 0.245. The summed E-state index contributed by atoms with van der Waals surface area (Å²) in [5.74, 6) is 1.97. The van der Waals surface area contributed by atoms with Crippen molar-refractivity contribution in [3.05, 3.63) is 150 Å². The van der Waals surface area contributed by atoms with E-state index in [4.69, 9.17) is 44.6 Å². The first-order valence-electron chi connectivity index (χ1n) is 20.5. The van der Waals surface area contributed by atoms with E-state index in [1.54, 1.807) is 48.5 Å². The highest BCUT2D eigenvalue weighted by Gasteiger charge is 2.60. The molecule has 0 aliphatic carbocycles. The Bertz CT molecular complexity index is 2950. The molecule has 7 aromatic rings. The van der Waals surface area contributed by atoms with E-state index in [1.807, 2.05) is 75.1 Å². The third-order valence-corrected chi connectivity index (χ3v) is 14.8. The number of rotatable bonds is 6. The summed E-state index contributed by atoms with van der Waals surface area (Å²) in [4.78, 5) is 14.4. The molecule has 0 saturated carbocycles. The summed E-state index contributed by atoms with van der Waals surface area (Å²) in [6.07, 6.45) is 3.78. The number of para-hydroxylation sites is 2. The van der Waals surface area contributed by atoms with Gasteiger partial charge in [0.15, 0.2) is 0 Å². The third-order valence-electron chi connectivity index (χ3n) is 13.3. The van der Waals surface area contributed by atoms with Crippen LogP contribution in [0.5, 0.6) is 28.7 Å². The molecule has 0 radical (unpaired) electrons. The molecule has 12 heteroatoms. The van der Waals surface area contributed by atoms with Crippen LogP contribution < -0.4 is 32.8 Å². The van der Waals surface area contributed by atoms with E-state index in [0.29, 0.717) is 27.9 Å². The maximum Gasteiger partial charge on any atom is 0.647 e. The normalized spacial score (nSPS) is 21.8. The minimum Gasteiger partial charge on any atom is -0.459 e. The van der Waals surface area contributed by atoms with Crippen LogP contribution in [0.25, 0.3) is 21.5 Å². The van der Waals surface area contributed by atoms with Crippen molar-refractivity contribution in [1.29, 1.82) is 0 Å². The van der Waals surface area contributed by atoms with Crippen molar-refractivity contribution in [2.75, 3.05) is 23.9 Å². The van der Waals surface area contributed by atoms with Crippen molar-refractivity contribution in [2.24, 2.45) is 9.98 Å². The van der Waals surface area contributed by atoms with E-state index in [2.05, 4.69) is 73.9 Å². The van der Waals surface area contributed by atoms with Gasteiger partial charge in [0.25, 0.3) is 0 Å². The van der Waals surface area contributed by atoms with Crippen LogP contribution in [-0.4, -0.2) is 38.0 Å². The number of benzene rings is 7. The number of likely N-dealkylation sites (N-methyl/N-ethyl adjacent to an activating group) is 2. The van der Waals surface area contributed by atoms with Gasteiger partial charge in [-0.3, -0.25) is 9.98 Å². The number of aliphatic imine (C=N–C) groups is 2. The van der Waals surface area contributed by atoms with Crippen LogP contribution in [0, 0.1) is 0 Å². The molecule has 2 atom stereocenters. The molecule has 11 rings (SSSR count). The molecule has 310 valence electrons. The molecular weight excluding hydrogens is 819 g/mol. The lowest BCUT2D eigenvalue weighted by Gasteiger charge is -2.45. The van der Waals surface area contributed by atoms with Gasteiger partial charge in [-0.1, -0.05) is 72.3 Å². The largest absolute Gasteiger partial charge is 0.647 e. The molecule has 0 bridgehead atoms. The van der Waals surface area contributed by atoms with E-state index in [1.165, 1.54) is 11.1 Å². The second-order valence-electron chi connectivity index (χ2n) is 17.3. The highest BCUT2D eigenvalue weighted by Crippen LogP contribution is 2.57. The number of ether oxygens (including phenoxy) is 2. The summed E-state index contributed by atoms with van der Waals surface area (Å²) in [7, 11) is -0.405. The summed E-state index contributed by atoms with van der Waals surface area (Å²) in [5.41, 5.74) is 3.27. The molecule has 4 heterocycles. The quantitative estimate of drug-likeness (QED) is 0.153.